The summed E-state index contributed by atoms with van der Waals surface area (Å²) >= 11 is 1.57. The van der Waals surface area contributed by atoms with Crippen LogP contribution in [0.2, 0.25) is 0 Å². The van der Waals surface area contributed by atoms with E-state index in [4.69, 9.17) is 9.47 Å². The van der Waals surface area contributed by atoms with Crippen LogP contribution in [-0.4, -0.2) is 31.4 Å². The van der Waals surface area contributed by atoms with Crippen LogP contribution in [0, 0.1) is 0 Å². The average molecular weight is 375 g/mol. The minimum absolute atomic E-state index is 0.257. The molecule has 6 heteroatoms. The Balaban J connectivity index is 2.70. The van der Waals surface area contributed by atoms with Crippen molar-refractivity contribution in [2.75, 3.05) is 13.4 Å². The molecule has 1 aromatic rings. The Morgan fingerprint density at radius 2 is 1.65 bits per heavy atom. The average Bonchev–Trinajstić information content (AvgIpc) is 2.59. The molecular weight excluding hydrogens is 350 g/mol. The van der Waals surface area contributed by atoms with Gasteiger partial charge < -0.3 is 14.8 Å². The quantitative estimate of drug-likeness (QED) is 0.624. The van der Waals surface area contributed by atoms with E-state index in [0.717, 1.165) is 10.5 Å². The summed E-state index contributed by atoms with van der Waals surface area (Å²) in [6.45, 7) is 7.24. The van der Waals surface area contributed by atoms with Gasteiger partial charge in [0.2, 0.25) is 0 Å². The van der Waals surface area contributed by atoms with Gasteiger partial charge in [-0.05, 0) is 45.6 Å². The van der Waals surface area contributed by atoms with E-state index in [1.165, 1.54) is 7.11 Å². The molecule has 0 aliphatic carbocycles. The van der Waals surface area contributed by atoms with Crippen molar-refractivity contribution in [1.82, 2.24) is 5.32 Å². The van der Waals surface area contributed by atoms with Gasteiger partial charge in [-0.25, -0.2) is 9.59 Å². The number of allylic oxidation sites excluding steroid dienone is 2. The van der Waals surface area contributed by atoms with Gasteiger partial charge in [0.25, 0.3) is 0 Å². The van der Waals surface area contributed by atoms with E-state index >= 15 is 0 Å². The molecule has 0 saturated heterocycles. The molecular formula is C20H25NO4S. The highest BCUT2D eigenvalue weighted by molar-refractivity contribution is 7.98. The predicted molar refractivity (Wildman–Crippen MR) is 103 cm³/mol. The summed E-state index contributed by atoms with van der Waals surface area (Å²) in [5, 5.41) is 3.14. The van der Waals surface area contributed by atoms with Crippen molar-refractivity contribution in [1.29, 1.82) is 0 Å². The lowest BCUT2D eigenvalue weighted by Gasteiger charge is -2.31. The summed E-state index contributed by atoms with van der Waals surface area (Å²) in [7, 11) is 1.34. The molecule has 0 spiro atoms. The number of carbonyl (C=O) groups is 2. The van der Waals surface area contributed by atoms with Crippen LogP contribution >= 0.6 is 11.8 Å². The van der Waals surface area contributed by atoms with Crippen LogP contribution in [0.15, 0.2) is 51.7 Å². The van der Waals surface area contributed by atoms with Gasteiger partial charge >= 0.3 is 11.9 Å². The van der Waals surface area contributed by atoms with Gasteiger partial charge in [0.1, 0.15) is 0 Å². The molecule has 0 aromatic heterocycles. The molecule has 1 heterocycles. The minimum Gasteiger partial charge on any atom is -0.466 e. The molecule has 1 aliphatic heterocycles. The monoisotopic (exact) mass is 375 g/mol. The standard InChI is InChI=1S/C20H25NO4S/c1-11(2)25-20(23)17-13(4)21-12(3)16(19(22)24-5)18(17)14-9-7-8-10-15(14)26-6/h7-11,18,21H,1-6H3. The number of thioether (sulfide) groups is 1. The van der Waals surface area contributed by atoms with Crippen molar-refractivity contribution in [3.8, 4) is 0 Å². The summed E-state index contributed by atoms with van der Waals surface area (Å²) < 4.78 is 10.5. The zero-order chi connectivity index (χ0) is 19.4. The van der Waals surface area contributed by atoms with Crippen LogP contribution in [0.25, 0.3) is 0 Å². The zero-order valence-corrected chi connectivity index (χ0v) is 16.8. The number of rotatable bonds is 5. The molecule has 1 N–H and O–H groups in total. The molecule has 5 nitrogen and oxygen atoms in total. The summed E-state index contributed by atoms with van der Waals surface area (Å²) in [4.78, 5) is 26.4. The molecule has 1 aromatic carbocycles. The van der Waals surface area contributed by atoms with Gasteiger partial charge in [-0.1, -0.05) is 18.2 Å². The third kappa shape index (κ3) is 3.96. The van der Waals surface area contributed by atoms with Crippen LogP contribution in [0.3, 0.4) is 0 Å². The molecule has 0 amide bonds. The number of hydrogen-bond acceptors (Lipinski definition) is 6. The highest BCUT2D eigenvalue weighted by atomic mass is 32.2. The highest BCUT2D eigenvalue weighted by Crippen LogP contribution is 2.42. The molecule has 1 atom stereocenters. The molecule has 26 heavy (non-hydrogen) atoms. The Hall–Kier alpha value is -2.21. The smallest absolute Gasteiger partial charge is 0.337 e. The SMILES string of the molecule is COC(=O)C1=C(C)NC(C)=C(C(=O)OC(C)C)C1c1ccccc1SC. The first-order valence-corrected chi connectivity index (χ1v) is 9.65. The highest BCUT2D eigenvalue weighted by Gasteiger charge is 2.38. The first-order valence-electron chi connectivity index (χ1n) is 8.42. The fourth-order valence-corrected chi connectivity index (χ4v) is 3.77. The molecule has 0 fully saturated rings. The number of nitrogens with one attached hydrogen (secondary N) is 1. The van der Waals surface area contributed by atoms with Crippen molar-refractivity contribution in [3.63, 3.8) is 0 Å². The van der Waals surface area contributed by atoms with Crippen LogP contribution in [0.5, 0.6) is 0 Å². The van der Waals surface area contributed by atoms with Gasteiger partial charge in [0.05, 0.1) is 30.3 Å². The zero-order valence-electron chi connectivity index (χ0n) is 16.0. The van der Waals surface area contributed by atoms with Crippen LogP contribution < -0.4 is 5.32 Å². The van der Waals surface area contributed by atoms with Gasteiger partial charge in [0, 0.05) is 16.3 Å². The minimum atomic E-state index is -0.543. The number of ether oxygens (including phenoxy) is 2. The molecule has 140 valence electrons. The summed E-state index contributed by atoms with van der Waals surface area (Å²) in [6.07, 6.45) is 1.71. The molecule has 0 bridgehead atoms. The van der Waals surface area contributed by atoms with Gasteiger partial charge in [-0.15, -0.1) is 11.8 Å². The number of dihydropyridines is 1. The number of methoxy groups -OCH3 is 1. The van der Waals surface area contributed by atoms with E-state index < -0.39 is 17.9 Å². The first kappa shape index (κ1) is 20.1. The van der Waals surface area contributed by atoms with E-state index in [0.29, 0.717) is 22.5 Å². The first-order chi connectivity index (χ1) is 12.3. The topological polar surface area (TPSA) is 64.6 Å². The van der Waals surface area contributed by atoms with E-state index in [9.17, 15) is 9.59 Å². The fraction of sp³-hybridized carbons (Fsp3) is 0.400. The second-order valence-electron chi connectivity index (χ2n) is 6.32. The summed E-state index contributed by atoms with van der Waals surface area (Å²) in [5.74, 6) is -1.43. The van der Waals surface area contributed by atoms with E-state index in [-0.39, 0.29) is 6.10 Å². The summed E-state index contributed by atoms with van der Waals surface area (Å²) in [6, 6.07) is 7.76. The Bertz CT molecular complexity index is 780. The molecule has 0 saturated carbocycles. The van der Waals surface area contributed by atoms with E-state index in [2.05, 4.69) is 5.32 Å². The normalized spacial score (nSPS) is 17.3. The molecule has 1 unspecified atom stereocenters. The van der Waals surface area contributed by atoms with Gasteiger partial charge in [-0.3, -0.25) is 0 Å². The second-order valence-corrected chi connectivity index (χ2v) is 7.17. The molecule has 2 rings (SSSR count). The van der Waals surface area contributed by atoms with Crippen molar-refractivity contribution in [2.24, 2.45) is 0 Å². The second kappa shape index (κ2) is 8.45. The van der Waals surface area contributed by atoms with Crippen LogP contribution in [0.4, 0.5) is 0 Å². The van der Waals surface area contributed by atoms with E-state index in [1.807, 2.05) is 44.4 Å². The Kier molecular flexibility index (Phi) is 6.53. The third-order valence-electron chi connectivity index (χ3n) is 4.18. The number of carbonyl (C=O) groups excluding carboxylic acids is 2. The maximum absolute atomic E-state index is 12.9. The third-order valence-corrected chi connectivity index (χ3v) is 4.99. The fourth-order valence-electron chi connectivity index (χ4n) is 3.14. The molecule has 1 aliphatic rings. The number of benzene rings is 1. The number of hydrogen-bond donors (Lipinski definition) is 1. The summed E-state index contributed by atoms with van der Waals surface area (Å²) in [5.41, 5.74) is 3.11. The van der Waals surface area contributed by atoms with Crippen molar-refractivity contribution < 1.29 is 19.1 Å². The molecule has 0 radical (unpaired) electrons. The van der Waals surface area contributed by atoms with E-state index in [1.54, 1.807) is 25.6 Å². The Morgan fingerprint density at radius 1 is 1.08 bits per heavy atom. The maximum Gasteiger partial charge on any atom is 0.337 e. The van der Waals surface area contributed by atoms with Gasteiger partial charge in [-0.2, -0.15) is 0 Å². The van der Waals surface area contributed by atoms with Crippen molar-refractivity contribution in [3.05, 3.63) is 52.4 Å². The Morgan fingerprint density at radius 3 is 2.19 bits per heavy atom. The maximum atomic E-state index is 12.9. The lowest BCUT2D eigenvalue weighted by atomic mass is 9.80. The predicted octanol–water partition coefficient (Wildman–Crippen LogP) is 3.77. The van der Waals surface area contributed by atoms with Gasteiger partial charge in [0.15, 0.2) is 0 Å². The lowest BCUT2D eigenvalue weighted by Crippen LogP contribution is -2.33. The number of esters is 2. The largest absolute Gasteiger partial charge is 0.466 e. The van der Waals surface area contributed by atoms with Crippen molar-refractivity contribution >= 4 is 23.7 Å². The lowest BCUT2D eigenvalue weighted by molar-refractivity contribution is -0.143. The van der Waals surface area contributed by atoms with Crippen LogP contribution in [-0.2, 0) is 19.1 Å². The van der Waals surface area contributed by atoms with Crippen molar-refractivity contribution in [2.45, 2.75) is 44.6 Å². The van der Waals surface area contributed by atoms with Crippen LogP contribution in [0.1, 0.15) is 39.2 Å². The Labute approximate surface area is 158 Å².